The summed E-state index contributed by atoms with van der Waals surface area (Å²) in [6, 6.07) is 16.6. The first-order valence-electron chi connectivity index (χ1n) is 10.2. The van der Waals surface area contributed by atoms with Gasteiger partial charge >= 0.3 is 0 Å². The van der Waals surface area contributed by atoms with Crippen LogP contribution in [0.1, 0.15) is 23.1 Å². The summed E-state index contributed by atoms with van der Waals surface area (Å²) in [4.78, 5) is 27.0. The Hall–Kier alpha value is -3.81. The van der Waals surface area contributed by atoms with Crippen LogP contribution in [0.15, 0.2) is 54.6 Å². The molecule has 4 rings (SSSR count). The summed E-state index contributed by atoms with van der Waals surface area (Å²) >= 11 is 0. The molecule has 2 amide bonds. The lowest BCUT2D eigenvalue weighted by atomic mass is 10.2. The maximum absolute atomic E-state index is 13.0. The molecule has 2 aromatic carbocycles. The van der Waals surface area contributed by atoms with Crippen LogP contribution in [0.2, 0.25) is 0 Å². The SMILES string of the molecule is CCN(CC(=O)Nc1ccc2c(c1)OCCO2)C(=O)c1cc(C)n(-c2ccccc2)n1. The highest BCUT2D eigenvalue weighted by Crippen LogP contribution is 2.32. The van der Waals surface area contributed by atoms with Gasteiger partial charge in [-0.05, 0) is 44.2 Å². The lowest BCUT2D eigenvalue weighted by molar-refractivity contribution is -0.116. The quantitative estimate of drug-likeness (QED) is 0.663. The molecule has 0 spiro atoms. The first-order valence-corrected chi connectivity index (χ1v) is 10.2. The number of nitrogens with zero attached hydrogens (tertiary/aromatic N) is 3. The van der Waals surface area contributed by atoms with Gasteiger partial charge < -0.3 is 19.7 Å². The van der Waals surface area contributed by atoms with Gasteiger partial charge in [0, 0.05) is 24.0 Å². The number of amides is 2. The number of aryl methyl sites for hydroxylation is 1. The fraction of sp³-hybridized carbons (Fsp3) is 0.261. The lowest BCUT2D eigenvalue weighted by Gasteiger charge is -2.21. The molecule has 0 unspecified atom stereocenters. The lowest BCUT2D eigenvalue weighted by Crippen LogP contribution is -2.38. The molecule has 3 aromatic rings. The van der Waals surface area contributed by atoms with E-state index in [1.807, 2.05) is 44.2 Å². The van der Waals surface area contributed by atoms with Crippen molar-refractivity contribution in [2.75, 3.05) is 31.6 Å². The maximum Gasteiger partial charge on any atom is 0.274 e. The van der Waals surface area contributed by atoms with Gasteiger partial charge in [0.2, 0.25) is 5.91 Å². The molecule has 1 aromatic heterocycles. The van der Waals surface area contributed by atoms with Crippen molar-refractivity contribution in [3.05, 3.63) is 66.0 Å². The fourth-order valence-electron chi connectivity index (χ4n) is 3.39. The third-order valence-corrected chi connectivity index (χ3v) is 4.94. The van der Waals surface area contributed by atoms with Crippen molar-refractivity contribution in [2.45, 2.75) is 13.8 Å². The molecule has 1 aliphatic rings. The number of benzene rings is 2. The van der Waals surface area contributed by atoms with Crippen LogP contribution in [0.5, 0.6) is 11.5 Å². The number of nitrogens with one attached hydrogen (secondary N) is 1. The van der Waals surface area contributed by atoms with Crippen molar-refractivity contribution >= 4 is 17.5 Å². The Morgan fingerprint density at radius 2 is 1.81 bits per heavy atom. The second kappa shape index (κ2) is 8.91. The molecule has 1 N–H and O–H groups in total. The van der Waals surface area contributed by atoms with E-state index in [1.165, 1.54) is 4.90 Å². The normalized spacial score (nSPS) is 12.3. The van der Waals surface area contributed by atoms with Gasteiger partial charge in [0.05, 0.1) is 5.69 Å². The number of para-hydroxylation sites is 1. The largest absolute Gasteiger partial charge is 0.486 e. The molecule has 2 heterocycles. The van der Waals surface area contributed by atoms with Gasteiger partial charge in [0.15, 0.2) is 17.2 Å². The van der Waals surface area contributed by atoms with E-state index in [9.17, 15) is 9.59 Å². The van der Waals surface area contributed by atoms with E-state index in [2.05, 4.69) is 10.4 Å². The first kappa shape index (κ1) is 20.5. The summed E-state index contributed by atoms with van der Waals surface area (Å²) in [5, 5.41) is 7.26. The summed E-state index contributed by atoms with van der Waals surface area (Å²) in [5.74, 6) is 0.650. The monoisotopic (exact) mass is 420 g/mol. The molecule has 1 aliphatic heterocycles. The van der Waals surface area contributed by atoms with Crippen molar-refractivity contribution in [3.8, 4) is 17.2 Å². The van der Waals surface area contributed by atoms with E-state index in [0.717, 1.165) is 11.4 Å². The average molecular weight is 420 g/mol. The molecule has 0 atom stereocenters. The van der Waals surface area contributed by atoms with Crippen LogP contribution >= 0.6 is 0 Å². The molecule has 0 radical (unpaired) electrons. The Morgan fingerprint density at radius 1 is 1.06 bits per heavy atom. The van der Waals surface area contributed by atoms with Crippen LogP contribution in [-0.2, 0) is 4.79 Å². The van der Waals surface area contributed by atoms with Gasteiger partial charge in [-0.15, -0.1) is 0 Å². The Morgan fingerprint density at radius 3 is 2.55 bits per heavy atom. The Balaban J connectivity index is 1.44. The Bertz CT molecular complexity index is 1090. The molecular weight excluding hydrogens is 396 g/mol. The minimum absolute atomic E-state index is 0.0823. The number of hydrogen-bond acceptors (Lipinski definition) is 5. The third kappa shape index (κ3) is 4.53. The number of carbonyl (C=O) groups is 2. The zero-order chi connectivity index (χ0) is 21.8. The van der Waals surface area contributed by atoms with Crippen LogP contribution in [0.25, 0.3) is 5.69 Å². The third-order valence-electron chi connectivity index (χ3n) is 4.94. The number of hydrogen-bond donors (Lipinski definition) is 1. The number of fused-ring (bicyclic) bond motifs is 1. The summed E-state index contributed by atoms with van der Waals surface area (Å²) < 4.78 is 12.8. The molecule has 0 saturated carbocycles. The smallest absolute Gasteiger partial charge is 0.274 e. The molecule has 8 nitrogen and oxygen atoms in total. The highest BCUT2D eigenvalue weighted by atomic mass is 16.6. The number of likely N-dealkylation sites (N-methyl/N-ethyl adjacent to an activating group) is 1. The minimum Gasteiger partial charge on any atom is -0.486 e. The standard InChI is InChI=1S/C23H24N4O4/c1-3-26(15-22(28)24-17-9-10-20-21(14-17)31-12-11-30-20)23(29)19-13-16(2)27(25-19)18-7-5-4-6-8-18/h4-10,13-14H,3,11-12,15H2,1-2H3,(H,24,28). The van der Waals surface area contributed by atoms with Crippen LogP contribution in [0, 0.1) is 6.92 Å². The summed E-state index contributed by atoms with van der Waals surface area (Å²) in [5.41, 5.74) is 2.60. The van der Waals surface area contributed by atoms with Gasteiger partial charge in [-0.2, -0.15) is 5.10 Å². The maximum atomic E-state index is 13.0. The fourth-order valence-corrected chi connectivity index (χ4v) is 3.39. The van der Waals surface area contributed by atoms with Crippen LogP contribution in [0.4, 0.5) is 5.69 Å². The number of aromatic nitrogens is 2. The van der Waals surface area contributed by atoms with Crippen molar-refractivity contribution in [3.63, 3.8) is 0 Å². The molecule has 160 valence electrons. The van der Waals surface area contributed by atoms with E-state index in [1.54, 1.807) is 28.9 Å². The molecule has 0 fully saturated rings. The molecule has 0 aliphatic carbocycles. The molecular formula is C23H24N4O4. The number of rotatable bonds is 6. The van der Waals surface area contributed by atoms with Gasteiger partial charge in [-0.25, -0.2) is 4.68 Å². The average Bonchev–Trinajstić information content (AvgIpc) is 3.19. The summed E-state index contributed by atoms with van der Waals surface area (Å²) in [7, 11) is 0. The predicted molar refractivity (Wildman–Crippen MR) is 116 cm³/mol. The highest BCUT2D eigenvalue weighted by molar-refractivity contribution is 5.98. The second-order valence-electron chi connectivity index (χ2n) is 7.14. The zero-order valence-electron chi connectivity index (χ0n) is 17.5. The van der Waals surface area contributed by atoms with E-state index in [0.29, 0.717) is 42.6 Å². The summed E-state index contributed by atoms with van der Waals surface area (Å²) in [6.45, 7) is 4.99. The number of ether oxygens (including phenoxy) is 2. The van der Waals surface area contributed by atoms with Gasteiger partial charge in [-0.3, -0.25) is 9.59 Å². The van der Waals surface area contributed by atoms with Crippen LogP contribution in [-0.4, -0.2) is 52.8 Å². The predicted octanol–water partition coefficient (Wildman–Crippen LogP) is 3.05. The first-order chi connectivity index (χ1) is 15.0. The van der Waals surface area contributed by atoms with E-state index in [-0.39, 0.29) is 18.4 Å². The molecule has 0 saturated heterocycles. The second-order valence-corrected chi connectivity index (χ2v) is 7.14. The topological polar surface area (TPSA) is 85.7 Å². The van der Waals surface area contributed by atoms with E-state index < -0.39 is 0 Å². The van der Waals surface area contributed by atoms with Crippen LogP contribution < -0.4 is 14.8 Å². The number of anilines is 1. The van der Waals surface area contributed by atoms with Crippen molar-refractivity contribution in [1.29, 1.82) is 0 Å². The van der Waals surface area contributed by atoms with E-state index in [4.69, 9.17) is 9.47 Å². The van der Waals surface area contributed by atoms with Crippen molar-refractivity contribution < 1.29 is 19.1 Å². The van der Waals surface area contributed by atoms with E-state index >= 15 is 0 Å². The zero-order valence-corrected chi connectivity index (χ0v) is 17.5. The van der Waals surface area contributed by atoms with Gasteiger partial charge in [0.1, 0.15) is 19.8 Å². The summed E-state index contributed by atoms with van der Waals surface area (Å²) in [6.07, 6.45) is 0. The Kier molecular flexibility index (Phi) is 5.88. The molecule has 8 heteroatoms. The molecule has 31 heavy (non-hydrogen) atoms. The minimum atomic E-state index is -0.300. The number of carbonyl (C=O) groups excluding carboxylic acids is 2. The Labute approximate surface area is 180 Å². The molecule has 0 bridgehead atoms. The van der Waals surface area contributed by atoms with Gasteiger partial charge in [-0.1, -0.05) is 18.2 Å². The van der Waals surface area contributed by atoms with Gasteiger partial charge in [0.25, 0.3) is 5.91 Å². The van der Waals surface area contributed by atoms with Crippen molar-refractivity contribution in [1.82, 2.24) is 14.7 Å². The van der Waals surface area contributed by atoms with Crippen LogP contribution in [0.3, 0.4) is 0 Å². The highest BCUT2D eigenvalue weighted by Gasteiger charge is 2.21. The van der Waals surface area contributed by atoms with Crippen molar-refractivity contribution in [2.24, 2.45) is 0 Å².